The van der Waals surface area contributed by atoms with Crippen molar-refractivity contribution < 1.29 is 9.18 Å². The number of halogens is 2. The van der Waals surface area contributed by atoms with Crippen LogP contribution >= 0.6 is 15.9 Å². The van der Waals surface area contributed by atoms with Crippen LogP contribution in [0.25, 0.3) is 0 Å². The average Bonchev–Trinajstić information content (AvgIpc) is 3.06. The molecular weight excluding hydrogens is 295 g/mol. The van der Waals surface area contributed by atoms with Crippen molar-refractivity contribution in [2.24, 2.45) is 11.3 Å². The van der Waals surface area contributed by atoms with Crippen LogP contribution in [0.2, 0.25) is 0 Å². The Morgan fingerprint density at radius 1 is 1.39 bits per heavy atom. The number of carbonyl (C=O) groups is 1. The second kappa shape index (κ2) is 4.76. The average molecular weight is 313 g/mol. The zero-order chi connectivity index (χ0) is 13.5. The number of hydrogen-bond donors (Lipinski definition) is 0. The Hall–Kier alpha value is -0.700. The summed E-state index contributed by atoms with van der Waals surface area (Å²) in [5.41, 5.74) is 0.119. The lowest BCUT2D eigenvalue weighted by atomic mass is 9.77. The Kier molecular flexibility index (Phi) is 3.63. The minimum atomic E-state index is -0.429. The highest BCUT2D eigenvalue weighted by atomic mass is 79.9. The Bertz CT molecular complexity index is 472. The first-order valence-electron chi connectivity index (χ1n) is 6.30. The standard InChI is InChI=1S/C15H18BrFO/c1-15(2,3)14(18)13(9-4-5-9)11-8-10(16)6-7-12(11)17/h6-9,13H,4-5H2,1-3H3. The van der Waals surface area contributed by atoms with E-state index in [-0.39, 0.29) is 17.5 Å². The van der Waals surface area contributed by atoms with Gasteiger partial charge >= 0.3 is 0 Å². The third-order valence-corrected chi connectivity index (χ3v) is 3.90. The predicted molar refractivity (Wildman–Crippen MR) is 74.0 cm³/mol. The zero-order valence-electron chi connectivity index (χ0n) is 11.0. The second-order valence-electron chi connectivity index (χ2n) is 6.10. The molecule has 98 valence electrons. The van der Waals surface area contributed by atoms with E-state index >= 15 is 0 Å². The second-order valence-corrected chi connectivity index (χ2v) is 7.01. The lowest BCUT2D eigenvalue weighted by Crippen LogP contribution is -2.28. The van der Waals surface area contributed by atoms with Gasteiger partial charge in [0.2, 0.25) is 0 Å². The molecule has 0 spiro atoms. The maximum Gasteiger partial charge on any atom is 0.146 e. The van der Waals surface area contributed by atoms with E-state index in [1.54, 1.807) is 12.1 Å². The Labute approximate surface area is 116 Å². The molecule has 1 aromatic rings. The van der Waals surface area contributed by atoms with Gasteiger partial charge in [-0.2, -0.15) is 0 Å². The van der Waals surface area contributed by atoms with E-state index in [2.05, 4.69) is 15.9 Å². The van der Waals surface area contributed by atoms with Gasteiger partial charge in [0.1, 0.15) is 11.6 Å². The molecule has 1 fully saturated rings. The molecule has 0 aromatic heterocycles. The Balaban J connectivity index is 2.42. The molecule has 0 aliphatic heterocycles. The molecule has 0 bridgehead atoms. The molecule has 1 unspecified atom stereocenters. The van der Waals surface area contributed by atoms with Gasteiger partial charge < -0.3 is 0 Å². The number of Topliss-reactive ketones (excluding diaryl/α,β-unsaturated/α-hetero) is 1. The minimum Gasteiger partial charge on any atom is -0.298 e. The van der Waals surface area contributed by atoms with E-state index in [1.807, 2.05) is 20.8 Å². The summed E-state index contributed by atoms with van der Waals surface area (Å²) in [6.45, 7) is 5.71. The minimum absolute atomic E-state index is 0.141. The Morgan fingerprint density at radius 2 is 2.00 bits per heavy atom. The molecule has 0 N–H and O–H groups in total. The fraction of sp³-hybridized carbons (Fsp3) is 0.533. The van der Waals surface area contributed by atoms with Crippen molar-refractivity contribution in [1.29, 1.82) is 0 Å². The normalized spacial score (nSPS) is 17.6. The predicted octanol–water partition coefficient (Wildman–Crippen LogP) is 4.70. The van der Waals surface area contributed by atoms with Crippen molar-refractivity contribution >= 4 is 21.7 Å². The first-order chi connectivity index (χ1) is 8.30. The van der Waals surface area contributed by atoms with Gasteiger partial charge in [0, 0.05) is 15.8 Å². The number of ketones is 1. The first-order valence-corrected chi connectivity index (χ1v) is 7.09. The van der Waals surface area contributed by atoms with Gasteiger partial charge in [0.25, 0.3) is 0 Å². The summed E-state index contributed by atoms with van der Waals surface area (Å²) in [5, 5.41) is 0. The van der Waals surface area contributed by atoms with Crippen LogP contribution in [-0.4, -0.2) is 5.78 Å². The molecule has 1 nitrogen and oxygen atoms in total. The number of carbonyl (C=O) groups excluding carboxylic acids is 1. The smallest absolute Gasteiger partial charge is 0.146 e. The molecule has 18 heavy (non-hydrogen) atoms. The van der Waals surface area contributed by atoms with Crippen molar-refractivity contribution in [3.05, 3.63) is 34.1 Å². The molecule has 1 atom stereocenters. The molecule has 3 heteroatoms. The molecule has 0 saturated heterocycles. The van der Waals surface area contributed by atoms with Crippen LogP contribution in [-0.2, 0) is 4.79 Å². The van der Waals surface area contributed by atoms with E-state index < -0.39 is 5.41 Å². The van der Waals surface area contributed by atoms with E-state index in [4.69, 9.17) is 0 Å². The van der Waals surface area contributed by atoms with Crippen molar-refractivity contribution in [3.8, 4) is 0 Å². The monoisotopic (exact) mass is 312 g/mol. The molecule has 2 rings (SSSR count). The van der Waals surface area contributed by atoms with Crippen LogP contribution in [0.3, 0.4) is 0 Å². The number of hydrogen-bond acceptors (Lipinski definition) is 1. The summed E-state index contributed by atoms with van der Waals surface area (Å²) in [5.74, 6) is -0.0993. The van der Waals surface area contributed by atoms with E-state index in [1.165, 1.54) is 6.07 Å². The fourth-order valence-electron chi connectivity index (χ4n) is 2.26. The van der Waals surface area contributed by atoms with Gasteiger partial charge in [0.05, 0.1) is 0 Å². The van der Waals surface area contributed by atoms with Gasteiger partial charge in [-0.3, -0.25) is 4.79 Å². The SMILES string of the molecule is CC(C)(C)C(=O)C(c1cc(Br)ccc1F)C1CC1. The highest BCUT2D eigenvalue weighted by Gasteiger charge is 2.42. The van der Waals surface area contributed by atoms with Gasteiger partial charge in [0.15, 0.2) is 0 Å². The van der Waals surface area contributed by atoms with Crippen LogP contribution < -0.4 is 0 Å². The van der Waals surface area contributed by atoms with Crippen LogP contribution in [0.1, 0.15) is 45.1 Å². The molecule has 1 saturated carbocycles. The van der Waals surface area contributed by atoms with Gasteiger partial charge in [-0.25, -0.2) is 4.39 Å². The molecule has 1 aromatic carbocycles. The summed E-state index contributed by atoms with van der Waals surface area (Å²) in [6.07, 6.45) is 2.05. The van der Waals surface area contributed by atoms with Crippen molar-refractivity contribution in [2.45, 2.75) is 39.5 Å². The molecule has 1 aliphatic carbocycles. The number of rotatable bonds is 3. The zero-order valence-corrected chi connectivity index (χ0v) is 12.6. The summed E-state index contributed by atoms with van der Waals surface area (Å²) in [6, 6.07) is 4.86. The maximum atomic E-state index is 14.0. The van der Waals surface area contributed by atoms with Crippen LogP contribution in [0, 0.1) is 17.2 Å². The third-order valence-electron chi connectivity index (χ3n) is 3.41. The molecular formula is C15H18BrFO. The summed E-state index contributed by atoms with van der Waals surface area (Å²) in [7, 11) is 0. The largest absolute Gasteiger partial charge is 0.298 e. The van der Waals surface area contributed by atoms with E-state index in [0.717, 1.165) is 17.3 Å². The van der Waals surface area contributed by atoms with Gasteiger partial charge in [-0.15, -0.1) is 0 Å². The highest BCUT2D eigenvalue weighted by molar-refractivity contribution is 9.10. The van der Waals surface area contributed by atoms with E-state index in [0.29, 0.717) is 11.5 Å². The quantitative estimate of drug-likeness (QED) is 0.791. The lowest BCUT2D eigenvalue weighted by Gasteiger charge is -2.25. The molecule has 1 aliphatic rings. The molecule has 0 radical (unpaired) electrons. The van der Waals surface area contributed by atoms with Crippen LogP contribution in [0.15, 0.2) is 22.7 Å². The molecule has 0 heterocycles. The Morgan fingerprint density at radius 3 is 2.50 bits per heavy atom. The number of benzene rings is 1. The first kappa shape index (κ1) is 13.7. The van der Waals surface area contributed by atoms with Crippen molar-refractivity contribution in [2.75, 3.05) is 0 Å². The molecule has 0 amide bonds. The van der Waals surface area contributed by atoms with Crippen LogP contribution in [0.5, 0.6) is 0 Å². The lowest BCUT2D eigenvalue weighted by molar-refractivity contribution is -0.128. The van der Waals surface area contributed by atoms with Gasteiger partial charge in [-0.1, -0.05) is 36.7 Å². The fourth-order valence-corrected chi connectivity index (χ4v) is 2.64. The highest BCUT2D eigenvalue weighted by Crippen LogP contribution is 2.46. The third kappa shape index (κ3) is 2.82. The summed E-state index contributed by atoms with van der Waals surface area (Å²) < 4.78 is 14.8. The van der Waals surface area contributed by atoms with E-state index in [9.17, 15) is 9.18 Å². The van der Waals surface area contributed by atoms with Crippen molar-refractivity contribution in [1.82, 2.24) is 0 Å². The summed E-state index contributed by atoms with van der Waals surface area (Å²) in [4.78, 5) is 12.5. The van der Waals surface area contributed by atoms with Crippen molar-refractivity contribution in [3.63, 3.8) is 0 Å². The van der Waals surface area contributed by atoms with Gasteiger partial charge in [-0.05, 0) is 42.5 Å². The summed E-state index contributed by atoms with van der Waals surface area (Å²) >= 11 is 3.36. The maximum absolute atomic E-state index is 14.0. The topological polar surface area (TPSA) is 17.1 Å². The van der Waals surface area contributed by atoms with Crippen LogP contribution in [0.4, 0.5) is 4.39 Å².